The Morgan fingerprint density at radius 2 is 1.97 bits per heavy atom. The molecular weight excluding hydrogens is 456 g/mol. The summed E-state index contributed by atoms with van der Waals surface area (Å²) in [6, 6.07) is 14.7. The molecule has 0 aliphatic carbocycles. The van der Waals surface area contributed by atoms with Gasteiger partial charge in [0.05, 0.1) is 35.8 Å². The van der Waals surface area contributed by atoms with Crippen LogP contribution in [0, 0.1) is 0 Å². The van der Waals surface area contributed by atoms with Crippen molar-refractivity contribution in [1.29, 1.82) is 0 Å². The Hall–Kier alpha value is -3.17. The lowest BCUT2D eigenvalue weighted by molar-refractivity contribution is -0.0224. The van der Waals surface area contributed by atoms with E-state index in [9.17, 15) is 10.2 Å². The van der Waals surface area contributed by atoms with Crippen molar-refractivity contribution in [3.05, 3.63) is 77.2 Å². The lowest BCUT2D eigenvalue weighted by Gasteiger charge is -2.29. The highest BCUT2D eigenvalue weighted by Gasteiger charge is 2.25. The highest BCUT2D eigenvalue weighted by Crippen LogP contribution is 2.37. The number of aromatic amines is 1. The molecule has 0 spiro atoms. The molecule has 1 saturated heterocycles. The molecule has 1 fully saturated rings. The minimum Gasteiger partial charge on any atom is -0.457 e. The Labute approximate surface area is 201 Å². The Bertz CT molecular complexity index is 1260. The number of fused-ring (bicyclic) bond motifs is 1. The molecule has 176 valence electrons. The van der Waals surface area contributed by atoms with Crippen LogP contribution in [0.3, 0.4) is 0 Å². The molecule has 2 aromatic carbocycles. The van der Waals surface area contributed by atoms with Crippen LogP contribution in [0.1, 0.15) is 30.1 Å². The lowest BCUT2D eigenvalue weighted by Crippen LogP contribution is -2.36. The van der Waals surface area contributed by atoms with E-state index in [1.54, 1.807) is 24.4 Å². The molecule has 34 heavy (non-hydrogen) atoms. The number of para-hydroxylation sites is 1. The summed E-state index contributed by atoms with van der Waals surface area (Å²) in [6.07, 6.45) is 3.68. The third kappa shape index (κ3) is 4.71. The first kappa shape index (κ1) is 22.6. The smallest absolute Gasteiger partial charge is 0.143 e. The van der Waals surface area contributed by atoms with E-state index in [2.05, 4.69) is 20.3 Å². The van der Waals surface area contributed by atoms with Crippen LogP contribution in [0.25, 0.3) is 11.0 Å². The normalized spacial score (nSPS) is 19.1. The van der Waals surface area contributed by atoms with Crippen LogP contribution in [0.2, 0.25) is 5.02 Å². The van der Waals surface area contributed by atoms with Gasteiger partial charge < -0.3 is 30.0 Å². The second-order valence-corrected chi connectivity index (χ2v) is 8.65. The SMILES string of the molecule is OC[C@@H]1CC[C@@H](Nc2ncnc3[nH]cc(C(O)c4ccc(Oc5ccccc5)cc4Cl)c23)CO1. The van der Waals surface area contributed by atoms with E-state index in [-0.39, 0.29) is 18.8 Å². The highest BCUT2D eigenvalue weighted by molar-refractivity contribution is 6.31. The van der Waals surface area contributed by atoms with E-state index < -0.39 is 6.10 Å². The molecule has 3 atom stereocenters. The number of aliphatic hydroxyl groups excluding tert-OH is 2. The first-order valence-corrected chi connectivity index (χ1v) is 11.5. The van der Waals surface area contributed by atoms with Gasteiger partial charge in [-0.3, -0.25) is 0 Å². The largest absolute Gasteiger partial charge is 0.457 e. The maximum absolute atomic E-state index is 11.3. The number of nitrogens with zero attached hydrogens (tertiary/aromatic N) is 2. The first-order chi connectivity index (χ1) is 16.6. The summed E-state index contributed by atoms with van der Waals surface area (Å²) in [4.78, 5) is 11.8. The van der Waals surface area contributed by atoms with Crippen molar-refractivity contribution in [2.24, 2.45) is 0 Å². The molecule has 1 aliphatic rings. The molecule has 0 radical (unpaired) electrons. The summed E-state index contributed by atoms with van der Waals surface area (Å²) in [5.74, 6) is 1.89. The minimum atomic E-state index is -1.00. The zero-order valence-electron chi connectivity index (χ0n) is 18.3. The van der Waals surface area contributed by atoms with E-state index in [4.69, 9.17) is 21.1 Å². The maximum Gasteiger partial charge on any atom is 0.143 e. The van der Waals surface area contributed by atoms with Crippen LogP contribution in [0.15, 0.2) is 61.1 Å². The zero-order chi connectivity index (χ0) is 23.5. The predicted octanol–water partition coefficient (Wildman–Crippen LogP) is 4.44. The number of aromatic nitrogens is 3. The van der Waals surface area contributed by atoms with Crippen molar-refractivity contribution < 1.29 is 19.7 Å². The van der Waals surface area contributed by atoms with Gasteiger partial charge in [-0.2, -0.15) is 0 Å². The van der Waals surface area contributed by atoms with Crippen LogP contribution in [0.4, 0.5) is 5.82 Å². The average molecular weight is 481 g/mol. The summed E-state index contributed by atoms with van der Waals surface area (Å²) in [5.41, 5.74) is 1.77. The van der Waals surface area contributed by atoms with Crippen LogP contribution in [-0.4, -0.2) is 50.5 Å². The van der Waals surface area contributed by atoms with Gasteiger partial charge in [-0.05, 0) is 37.1 Å². The Kier molecular flexibility index (Phi) is 6.64. The second kappa shape index (κ2) is 9.99. The number of benzene rings is 2. The van der Waals surface area contributed by atoms with Crippen molar-refractivity contribution in [3.8, 4) is 11.5 Å². The molecular formula is C25H25ClN4O4. The van der Waals surface area contributed by atoms with Gasteiger partial charge in [0.2, 0.25) is 0 Å². The van der Waals surface area contributed by atoms with Crippen molar-refractivity contribution in [1.82, 2.24) is 15.0 Å². The summed E-state index contributed by atoms with van der Waals surface area (Å²) >= 11 is 6.55. The molecule has 4 aromatic rings. The molecule has 2 aromatic heterocycles. The Morgan fingerprint density at radius 3 is 2.71 bits per heavy atom. The quantitative estimate of drug-likeness (QED) is 0.309. The number of rotatable bonds is 7. The number of aliphatic hydroxyl groups is 2. The molecule has 1 aliphatic heterocycles. The fraction of sp³-hybridized carbons (Fsp3) is 0.280. The van der Waals surface area contributed by atoms with Gasteiger partial charge >= 0.3 is 0 Å². The Balaban J connectivity index is 1.39. The van der Waals surface area contributed by atoms with Crippen molar-refractivity contribution in [3.63, 3.8) is 0 Å². The standard InChI is InChI=1S/C25H25ClN4O4/c26-21-10-17(34-16-4-2-1-3-5-16)8-9-19(21)23(32)20-11-27-24-22(20)25(29-14-28-24)30-15-6-7-18(12-31)33-13-15/h1-5,8-11,14-15,18,23,31-32H,6-7,12-13H2,(H2,27,28,29,30)/t15-,18+,23?/m1/s1. The van der Waals surface area contributed by atoms with Gasteiger partial charge in [0.15, 0.2) is 0 Å². The number of H-pyrrole nitrogens is 1. The van der Waals surface area contributed by atoms with Crippen molar-refractivity contribution in [2.45, 2.75) is 31.1 Å². The number of halogens is 1. The Morgan fingerprint density at radius 1 is 1.12 bits per heavy atom. The van der Waals surface area contributed by atoms with E-state index in [0.717, 1.165) is 12.8 Å². The third-order valence-corrected chi connectivity index (χ3v) is 6.28. The summed E-state index contributed by atoms with van der Waals surface area (Å²) in [5, 5.41) is 25.0. The second-order valence-electron chi connectivity index (χ2n) is 8.25. The van der Waals surface area contributed by atoms with Crippen LogP contribution in [-0.2, 0) is 4.74 Å². The fourth-order valence-electron chi connectivity index (χ4n) is 4.15. The number of nitrogens with one attached hydrogen (secondary N) is 2. The molecule has 0 amide bonds. The summed E-state index contributed by atoms with van der Waals surface area (Å²) < 4.78 is 11.5. The molecule has 9 heteroatoms. The monoisotopic (exact) mass is 480 g/mol. The molecule has 1 unspecified atom stereocenters. The summed E-state index contributed by atoms with van der Waals surface area (Å²) in [6.45, 7) is 0.488. The summed E-state index contributed by atoms with van der Waals surface area (Å²) in [7, 11) is 0. The lowest BCUT2D eigenvalue weighted by atomic mass is 10.0. The van der Waals surface area contributed by atoms with Gasteiger partial charge in [0, 0.05) is 17.3 Å². The van der Waals surface area contributed by atoms with Gasteiger partial charge in [-0.25, -0.2) is 9.97 Å². The van der Waals surface area contributed by atoms with E-state index >= 15 is 0 Å². The minimum absolute atomic E-state index is 0.0224. The third-order valence-electron chi connectivity index (χ3n) is 5.96. The molecule has 5 rings (SSSR count). The van der Waals surface area contributed by atoms with Crippen molar-refractivity contribution >= 4 is 28.5 Å². The number of anilines is 1. The molecule has 4 N–H and O–H groups in total. The van der Waals surface area contributed by atoms with Crippen LogP contribution in [0.5, 0.6) is 11.5 Å². The topological polar surface area (TPSA) is 113 Å². The number of hydrogen-bond acceptors (Lipinski definition) is 7. The van der Waals surface area contributed by atoms with E-state index in [1.807, 2.05) is 30.3 Å². The molecule has 0 bridgehead atoms. The van der Waals surface area contributed by atoms with Gasteiger partial charge in [0.25, 0.3) is 0 Å². The van der Waals surface area contributed by atoms with Crippen molar-refractivity contribution in [2.75, 3.05) is 18.5 Å². The van der Waals surface area contributed by atoms with Gasteiger partial charge in [-0.15, -0.1) is 0 Å². The number of ether oxygens (including phenoxy) is 2. The van der Waals surface area contributed by atoms with Crippen LogP contribution < -0.4 is 10.1 Å². The molecule has 3 heterocycles. The molecule has 0 saturated carbocycles. The van der Waals surface area contributed by atoms with Gasteiger partial charge in [0.1, 0.15) is 35.4 Å². The van der Waals surface area contributed by atoms with E-state index in [0.29, 0.717) is 51.1 Å². The predicted molar refractivity (Wildman–Crippen MR) is 129 cm³/mol. The van der Waals surface area contributed by atoms with Crippen LogP contribution >= 0.6 is 11.6 Å². The highest BCUT2D eigenvalue weighted by atomic mass is 35.5. The molecule has 8 nitrogen and oxygen atoms in total. The average Bonchev–Trinajstić information content (AvgIpc) is 3.30. The van der Waals surface area contributed by atoms with Gasteiger partial charge in [-0.1, -0.05) is 35.9 Å². The first-order valence-electron chi connectivity index (χ1n) is 11.1. The maximum atomic E-state index is 11.3. The van der Waals surface area contributed by atoms with E-state index in [1.165, 1.54) is 6.33 Å². The fourth-order valence-corrected chi connectivity index (χ4v) is 4.43. The number of hydrogen-bond donors (Lipinski definition) is 4. The zero-order valence-corrected chi connectivity index (χ0v) is 19.1.